The highest BCUT2D eigenvalue weighted by Crippen LogP contribution is 2.37. The Labute approximate surface area is 210 Å². The van der Waals surface area contributed by atoms with Gasteiger partial charge in [0.15, 0.2) is 0 Å². The zero-order chi connectivity index (χ0) is 24.5. The Bertz CT molecular complexity index is 1320. The van der Waals surface area contributed by atoms with Gasteiger partial charge in [0, 0.05) is 22.3 Å². The van der Waals surface area contributed by atoms with Crippen LogP contribution in [0.3, 0.4) is 0 Å². The summed E-state index contributed by atoms with van der Waals surface area (Å²) in [6.07, 6.45) is 3.28. The Kier molecular flexibility index (Phi) is 8.15. The second-order valence-corrected chi connectivity index (χ2v) is 9.15. The molecule has 0 aliphatic carbocycles. The first-order chi connectivity index (χ1) is 17.1. The van der Waals surface area contributed by atoms with Crippen LogP contribution >= 0.6 is 11.8 Å². The van der Waals surface area contributed by atoms with Crippen LogP contribution in [0, 0.1) is 6.92 Å². The van der Waals surface area contributed by atoms with E-state index >= 15 is 0 Å². The van der Waals surface area contributed by atoms with Gasteiger partial charge in [-0.3, -0.25) is 9.59 Å². The van der Waals surface area contributed by atoms with Crippen molar-refractivity contribution in [3.63, 3.8) is 0 Å². The molecule has 5 heteroatoms. The van der Waals surface area contributed by atoms with Crippen LogP contribution < -0.4 is 10.6 Å². The third-order valence-corrected chi connectivity index (χ3v) is 6.57. The molecule has 174 valence electrons. The molecule has 1 atom stereocenters. The lowest BCUT2D eigenvalue weighted by Gasteiger charge is -2.18. The molecule has 2 N–H and O–H groups in total. The maximum absolute atomic E-state index is 13.3. The van der Waals surface area contributed by atoms with E-state index in [1.165, 1.54) is 17.8 Å². The highest BCUT2D eigenvalue weighted by molar-refractivity contribution is 8.00. The number of hydrogen-bond acceptors (Lipinski definition) is 3. The molecule has 0 saturated carbocycles. The lowest BCUT2D eigenvalue weighted by Crippen LogP contribution is -2.19. The summed E-state index contributed by atoms with van der Waals surface area (Å²) in [6.45, 7) is 1.97. The molecule has 0 aliphatic heterocycles. The maximum Gasteiger partial charge on any atom is 0.248 e. The van der Waals surface area contributed by atoms with Crippen LogP contribution in [0.25, 0.3) is 6.08 Å². The summed E-state index contributed by atoms with van der Waals surface area (Å²) >= 11 is 1.45. The van der Waals surface area contributed by atoms with Crippen LogP contribution in [0.2, 0.25) is 0 Å². The topological polar surface area (TPSA) is 58.2 Å². The van der Waals surface area contributed by atoms with E-state index in [4.69, 9.17) is 0 Å². The monoisotopic (exact) mass is 478 g/mol. The Morgan fingerprint density at radius 2 is 1.46 bits per heavy atom. The van der Waals surface area contributed by atoms with Gasteiger partial charge in [-0.25, -0.2) is 0 Å². The Hall–Kier alpha value is -4.09. The van der Waals surface area contributed by atoms with Gasteiger partial charge in [0.25, 0.3) is 0 Å². The summed E-state index contributed by atoms with van der Waals surface area (Å²) in [5.41, 5.74) is 4.33. The molecular formula is C30H26N2O2S. The fourth-order valence-electron chi connectivity index (χ4n) is 3.52. The summed E-state index contributed by atoms with van der Waals surface area (Å²) in [5.74, 6) is -0.316. The van der Waals surface area contributed by atoms with E-state index < -0.39 is 5.25 Å². The van der Waals surface area contributed by atoms with E-state index in [1.54, 1.807) is 6.08 Å². The molecule has 4 aromatic rings. The lowest BCUT2D eigenvalue weighted by molar-refractivity contribution is -0.116. The van der Waals surface area contributed by atoms with Gasteiger partial charge in [-0.1, -0.05) is 84.9 Å². The minimum absolute atomic E-state index is 0.101. The Morgan fingerprint density at radius 3 is 2.20 bits per heavy atom. The standard InChI is InChI=1S/C30H26N2O2S/c1-22-11-8-9-18-27(22)32-30(34)29(24-14-6-3-7-15-24)35-26-17-10-16-25(21-26)31-28(33)20-19-23-12-4-2-5-13-23/h2-21,29H,1H3,(H,31,33)(H,32,34)/b20-19+. The minimum atomic E-state index is -0.459. The van der Waals surface area contributed by atoms with Crippen molar-refractivity contribution in [2.45, 2.75) is 17.1 Å². The smallest absolute Gasteiger partial charge is 0.248 e. The molecule has 0 aliphatic rings. The van der Waals surface area contributed by atoms with Crippen LogP contribution in [0.4, 0.5) is 11.4 Å². The second-order valence-electron chi connectivity index (χ2n) is 7.97. The van der Waals surface area contributed by atoms with Crippen molar-refractivity contribution in [3.8, 4) is 0 Å². The molecule has 0 radical (unpaired) electrons. The van der Waals surface area contributed by atoms with E-state index in [9.17, 15) is 9.59 Å². The van der Waals surface area contributed by atoms with Crippen molar-refractivity contribution in [1.29, 1.82) is 0 Å². The summed E-state index contributed by atoms with van der Waals surface area (Å²) in [4.78, 5) is 26.6. The van der Waals surface area contributed by atoms with Crippen molar-refractivity contribution < 1.29 is 9.59 Å². The van der Waals surface area contributed by atoms with Gasteiger partial charge in [-0.05, 0) is 54.0 Å². The van der Waals surface area contributed by atoms with Crippen LogP contribution in [0.5, 0.6) is 0 Å². The summed E-state index contributed by atoms with van der Waals surface area (Å²) < 4.78 is 0. The number of hydrogen-bond donors (Lipinski definition) is 2. The number of carbonyl (C=O) groups excluding carboxylic acids is 2. The first kappa shape index (κ1) is 24.0. The summed E-state index contributed by atoms with van der Waals surface area (Å²) in [7, 11) is 0. The molecule has 0 fully saturated rings. The van der Waals surface area contributed by atoms with Gasteiger partial charge >= 0.3 is 0 Å². The second kappa shape index (κ2) is 11.9. The van der Waals surface area contributed by atoms with Crippen molar-refractivity contribution in [2.24, 2.45) is 0 Å². The zero-order valence-corrected chi connectivity index (χ0v) is 20.2. The van der Waals surface area contributed by atoms with Crippen molar-refractivity contribution in [2.75, 3.05) is 10.6 Å². The van der Waals surface area contributed by atoms with Gasteiger partial charge in [0.1, 0.15) is 5.25 Å². The molecule has 0 saturated heterocycles. The SMILES string of the molecule is Cc1ccccc1NC(=O)C(Sc1cccc(NC(=O)/C=C/c2ccccc2)c1)c1ccccc1. The summed E-state index contributed by atoms with van der Waals surface area (Å²) in [5, 5.41) is 5.51. The third kappa shape index (κ3) is 6.95. The largest absolute Gasteiger partial charge is 0.325 e. The maximum atomic E-state index is 13.3. The molecule has 0 heterocycles. The highest BCUT2D eigenvalue weighted by atomic mass is 32.2. The number of thioether (sulfide) groups is 1. The predicted molar refractivity (Wildman–Crippen MR) is 145 cm³/mol. The van der Waals surface area contributed by atoms with E-state index in [2.05, 4.69) is 10.6 Å². The highest BCUT2D eigenvalue weighted by Gasteiger charge is 2.22. The molecule has 0 bridgehead atoms. The fourth-order valence-corrected chi connectivity index (χ4v) is 4.60. The molecule has 0 spiro atoms. The normalized spacial score (nSPS) is 11.7. The molecule has 4 aromatic carbocycles. The quantitative estimate of drug-likeness (QED) is 0.209. The molecule has 4 rings (SSSR count). The van der Waals surface area contributed by atoms with Gasteiger partial charge in [-0.2, -0.15) is 0 Å². The lowest BCUT2D eigenvalue weighted by atomic mass is 10.1. The molecule has 4 nitrogen and oxygen atoms in total. The molecule has 1 unspecified atom stereocenters. The molecule has 0 aromatic heterocycles. The summed E-state index contributed by atoms with van der Waals surface area (Å²) in [6, 6.07) is 34.6. The average Bonchev–Trinajstić information content (AvgIpc) is 2.89. The number of nitrogens with one attached hydrogen (secondary N) is 2. The van der Waals surface area contributed by atoms with Crippen molar-refractivity contribution in [1.82, 2.24) is 0 Å². The Balaban J connectivity index is 1.50. The van der Waals surface area contributed by atoms with Gasteiger partial charge in [0.05, 0.1) is 0 Å². The Morgan fingerprint density at radius 1 is 0.771 bits per heavy atom. The minimum Gasteiger partial charge on any atom is -0.325 e. The number of benzene rings is 4. The van der Waals surface area contributed by atoms with E-state index in [0.717, 1.165) is 27.3 Å². The predicted octanol–water partition coefficient (Wildman–Crippen LogP) is 7.12. The van der Waals surface area contributed by atoms with E-state index in [0.29, 0.717) is 5.69 Å². The first-order valence-electron chi connectivity index (χ1n) is 11.3. The van der Waals surface area contributed by atoms with Crippen LogP contribution in [-0.4, -0.2) is 11.8 Å². The average molecular weight is 479 g/mol. The van der Waals surface area contributed by atoms with Gasteiger partial charge in [0.2, 0.25) is 11.8 Å². The van der Waals surface area contributed by atoms with E-state index in [-0.39, 0.29) is 11.8 Å². The van der Waals surface area contributed by atoms with Crippen LogP contribution in [-0.2, 0) is 9.59 Å². The van der Waals surface area contributed by atoms with Crippen molar-refractivity contribution >= 4 is 41.0 Å². The number of amides is 2. The molecule has 2 amide bonds. The number of aryl methyl sites for hydroxylation is 1. The number of carbonyl (C=O) groups is 2. The third-order valence-electron chi connectivity index (χ3n) is 5.33. The van der Waals surface area contributed by atoms with Gasteiger partial charge in [-0.15, -0.1) is 11.8 Å². The van der Waals surface area contributed by atoms with Gasteiger partial charge < -0.3 is 10.6 Å². The van der Waals surface area contributed by atoms with Crippen LogP contribution in [0.1, 0.15) is 21.9 Å². The first-order valence-corrected chi connectivity index (χ1v) is 12.2. The fraction of sp³-hybridized carbons (Fsp3) is 0.0667. The molecular weight excluding hydrogens is 452 g/mol. The van der Waals surface area contributed by atoms with Crippen LogP contribution in [0.15, 0.2) is 120 Å². The molecule has 35 heavy (non-hydrogen) atoms. The number of anilines is 2. The van der Waals surface area contributed by atoms with Crippen molar-refractivity contribution in [3.05, 3.63) is 132 Å². The number of para-hydroxylation sites is 1. The van der Waals surface area contributed by atoms with E-state index in [1.807, 2.05) is 116 Å². The number of rotatable bonds is 8. The zero-order valence-electron chi connectivity index (χ0n) is 19.3.